The van der Waals surface area contributed by atoms with Crippen molar-refractivity contribution in [3.05, 3.63) is 41.1 Å². The molecular formula is C13H14N2O2. The van der Waals surface area contributed by atoms with Crippen molar-refractivity contribution < 1.29 is 9.90 Å². The lowest BCUT2D eigenvalue weighted by atomic mass is 10.0. The molecule has 1 N–H and O–H groups in total. The SMILES string of the molecule is Cc1ccc(-c2nn(C)cc2C(=O)O)cc1C. The van der Waals surface area contributed by atoms with Crippen LogP contribution >= 0.6 is 0 Å². The molecule has 2 rings (SSSR count). The molecule has 4 heteroatoms. The molecular weight excluding hydrogens is 216 g/mol. The summed E-state index contributed by atoms with van der Waals surface area (Å²) in [6.45, 7) is 4.03. The van der Waals surface area contributed by atoms with Crippen LogP contribution in [0.2, 0.25) is 0 Å². The van der Waals surface area contributed by atoms with Crippen LogP contribution in [0, 0.1) is 13.8 Å². The Bertz CT molecular complexity index is 585. The molecule has 0 aliphatic carbocycles. The van der Waals surface area contributed by atoms with Crippen LogP contribution in [0.25, 0.3) is 11.3 Å². The Morgan fingerprint density at radius 3 is 2.59 bits per heavy atom. The number of hydrogen-bond donors (Lipinski definition) is 1. The van der Waals surface area contributed by atoms with Crippen LogP contribution in [0.3, 0.4) is 0 Å². The first-order chi connectivity index (χ1) is 7.99. The summed E-state index contributed by atoms with van der Waals surface area (Å²) >= 11 is 0. The van der Waals surface area contributed by atoms with Crippen LogP contribution in [-0.4, -0.2) is 20.9 Å². The molecule has 1 aromatic carbocycles. The molecule has 17 heavy (non-hydrogen) atoms. The van der Waals surface area contributed by atoms with Gasteiger partial charge >= 0.3 is 5.97 Å². The van der Waals surface area contributed by atoms with Crippen molar-refractivity contribution in [2.75, 3.05) is 0 Å². The number of nitrogens with zero attached hydrogens (tertiary/aromatic N) is 2. The molecule has 0 spiro atoms. The minimum atomic E-state index is -0.952. The molecule has 0 fully saturated rings. The fraction of sp³-hybridized carbons (Fsp3) is 0.231. The molecule has 0 saturated heterocycles. The van der Waals surface area contributed by atoms with Crippen LogP contribution in [0.1, 0.15) is 21.5 Å². The van der Waals surface area contributed by atoms with E-state index in [-0.39, 0.29) is 5.56 Å². The van der Waals surface area contributed by atoms with Gasteiger partial charge < -0.3 is 5.11 Å². The van der Waals surface area contributed by atoms with Gasteiger partial charge in [0.1, 0.15) is 11.3 Å². The average molecular weight is 230 g/mol. The average Bonchev–Trinajstić information content (AvgIpc) is 2.64. The molecule has 0 bridgehead atoms. The number of benzene rings is 1. The van der Waals surface area contributed by atoms with E-state index >= 15 is 0 Å². The number of aromatic nitrogens is 2. The van der Waals surface area contributed by atoms with Gasteiger partial charge in [-0.25, -0.2) is 4.79 Å². The summed E-state index contributed by atoms with van der Waals surface area (Å²) in [5.41, 5.74) is 3.90. The molecule has 1 heterocycles. The summed E-state index contributed by atoms with van der Waals surface area (Å²) in [6, 6.07) is 5.84. The summed E-state index contributed by atoms with van der Waals surface area (Å²) in [7, 11) is 1.72. The minimum Gasteiger partial charge on any atom is -0.478 e. The molecule has 1 aromatic heterocycles. The van der Waals surface area contributed by atoms with Crippen molar-refractivity contribution in [3.63, 3.8) is 0 Å². The van der Waals surface area contributed by atoms with Crippen molar-refractivity contribution in [1.29, 1.82) is 0 Å². The van der Waals surface area contributed by atoms with Crippen LogP contribution in [0.15, 0.2) is 24.4 Å². The van der Waals surface area contributed by atoms with E-state index in [0.29, 0.717) is 5.69 Å². The summed E-state index contributed by atoms with van der Waals surface area (Å²) < 4.78 is 1.52. The molecule has 0 saturated carbocycles. The second kappa shape index (κ2) is 4.05. The number of carboxylic acid groups (broad SMARTS) is 1. The summed E-state index contributed by atoms with van der Waals surface area (Å²) in [5.74, 6) is -0.952. The highest BCUT2D eigenvalue weighted by Gasteiger charge is 2.16. The van der Waals surface area contributed by atoms with Crippen LogP contribution in [-0.2, 0) is 7.05 Å². The second-order valence-electron chi connectivity index (χ2n) is 4.17. The predicted molar refractivity (Wildman–Crippen MR) is 65.1 cm³/mol. The smallest absolute Gasteiger partial charge is 0.339 e. The zero-order chi connectivity index (χ0) is 12.6. The fourth-order valence-electron chi connectivity index (χ4n) is 1.75. The third kappa shape index (κ3) is 2.06. The standard InChI is InChI=1S/C13H14N2O2/c1-8-4-5-10(6-9(8)2)12-11(13(16)17)7-15(3)14-12/h4-7H,1-3H3,(H,16,17). The Morgan fingerprint density at radius 1 is 1.29 bits per heavy atom. The Morgan fingerprint density at radius 2 is 2.00 bits per heavy atom. The molecule has 0 amide bonds. The van der Waals surface area contributed by atoms with Gasteiger partial charge in [-0.05, 0) is 31.0 Å². The van der Waals surface area contributed by atoms with E-state index in [1.807, 2.05) is 32.0 Å². The van der Waals surface area contributed by atoms with Gasteiger partial charge in [0.05, 0.1) is 0 Å². The van der Waals surface area contributed by atoms with Crippen molar-refractivity contribution >= 4 is 5.97 Å². The van der Waals surface area contributed by atoms with Gasteiger partial charge in [0.25, 0.3) is 0 Å². The van der Waals surface area contributed by atoms with E-state index in [9.17, 15) is 4.79 Å². The fourth-order valence-corrected chi connectivity index (χ4v) is 1.75. The lowest BCUT2D eigenvalue weighted by Crippen LogP contribution is -1.97. The van der Waals surface area contributed by atoms with Gasteiger partial charge in [-0.2, -0.15) is 5.10 Å². The quantitative estimate of drug-likeness (QED) is 0.861. The number of aromatic carboxylic acids is 1. The van der Waals surface area contributed by atoms with Crippen LogP contribution in [0.4, 0.5) is 0 Å². The normalized spacial score (nSPS) is 10.5. The molecule has 0 aliphatic heterocycles. The predicted octanol–water partition coefficient (Wildman–Crippen LogP) is 2.40. The summed E-state index contributed by atoms with van der Waals surface area (Å²) in [5, 5.41) is 13.3. The highest BCUT2D eigenvalue weighted by Crippen LogP contribution is 2.24. The van der Waals surface area contributed by atoms with Gasteiger partial charge in [0, 0.05) is 18.8 Å². The first-order valence-corrected chi connectivity index (χ1v) is 5.33. The molecule has 0 unspecified atom stereocenters. The van der Waals surface area contributed by atoms with Crippen molar-refractivity contribution in [1.82, 2.24) is 9.78 Å². The third-order valence-electron chi connectivity index (χ3n) is 2.84. The first-order valence-electron chi connectivity index (χ1n) is 5.33. The zero-order valence-electron chi connectivity index (χ0n) is 10.1. The Hall–Kier alpha value is -2.10. The van der Waals surface area contributed by atoms with E-state index in [1.165, 1.54) is 16.4 Å². The monoisotopic (exact) mass is 230 g/mol. The molecule has 0 atom stereocenters. The summed E-state index contributed by atoms with van der Waals surface area (Å²) in [4.78, 5) is 11.1. The molecule has 88 valence electrons. The maximum atomic E-state index is 11.1. The van der Waals surface area contributed by atoms with E-state index in [2.05, 4.69) is 5.10 Å². The second-order valence-corrected chi connectivity index (χ2v) is 4.17. The number of aryl methyl sites for hydroxylation is 3. The number of rotatable bonds is 2. The third-order valence-corrected chi connectivity index (χ3v) is 2.84. The van der Waals surface area contributed by atoms with Crippen LogP contribution in [0.5, 0.6) is 0 Å². The van der Waals surface area contributed by atoms with Gasteiger partial charge in [-0.1, -0.05) is 12.1 Å². The molecule has 0 aliphatic rings. The Balaban J connectivity index is 2.59. The van der Waals surface area contributed by atoms with Gasteiger partial charge in [0.2, 0.25) is 0 Å². The maximum absolute atomic E-state index is 11.1. The van der Waals surface area contributed by atoms with E-state index in [1.54, 1.807) is 7.05 Å². The van der Waals surface area contributed by atoms with E-state index < -0.39 is 5.97 Å². The van der Waals surface area contributed by atoms with E-state index in [0.717, 1.165) is 11.1 Å². The topological polar surface area (TPSA) is 55.1 Å². The summed E-state index contributed by atoms with van der Waals surface area (Å²) in [6.07, 6.45) is 1.52. The Kier molecular flexibility index (Phi) is 2.71. The number of hydrogen-bond acceptors (Lipinski definition) is 2. The van der Waals surface area contributed by atoms with E-state index in [4.69, 9.17) is 5.11 Å². The van der Waals surface area contributed by atoms with Gasteiger partial charge in [-0.3, -0.25) is 4.68 Å². The maximum Gasteiger partial charge on any atom is 0.339 e. The highest BCUT2D eigenvalue weighted by molar-refractivity contribution is 5.94. The van der Waals surface area contributed by atoms with Gasteiger partial charge in [-0.15, -0.1) is 0 Å². The zero-order valence-corrected chi connectivity index (χ0v) is 10.1. The first kappa shape index (κ1) is 11.4. The molecule has 0 radical (unpaired) electrons. The van der Waals surface area contributed by atoms with Crippen molar-refractivity contribution in [2.45, 2.75) is 13.8 Å². The Labute approximate surface area is 99.5 Å². The van der Waals surface area contributed by atoms with Crippen LogP contribution < -0.4 is 0 Å². The minimum absolute atomic E-state index is 0.232. The molecule has 2 aromatic rings. The molecule has 4 nitrogen and oxygen atoms in total. The highest BCUT2D eigenvalue weighted by atomic mass is 16.4. The van der Waals surface area contributed by atoms with Gasteiger partial charge in [0.15, 0.2) is 0 Å². The number of carboxylic acids is 1. The van der Waals surface area contributed by atoms with Crippen molar-refractivity contribution in [3.8, 4) is 11.3 Å². The van der Waals surface area contributed by atoms with Crippen molar-refractivity contribution in [2.24, 2.45) is 7.05 Å². The lowest BCUT2D eigenvalue weighted by Gasteiger charge is -2.03. The number of carbonyl (C=O) groups is 1. The largest absolute Gasteiger partial charge is 0.478 e. The lowest BCUT2D eigenvalue weighted by molar-refractivity contribution is 0.0697.